The highest BCUT2D eigenvalue weighted by Crippen LogP contribution is 2.35. The van der Waals surface area contributed by atoms with Crippen molar-refractivity contribution in [3.05, 3.63) is 47.5 Å². The zero-order chi connectivity index (χ0) is 16.5. The highest BCUT2D eigenvalue weighted by Gasteiger charge is 2.22. The number of ether oxygens (including phenoxy) is 1. The number of benzene rings is 2. The molecule has 0 aliphatic carbocycles. The first kappa shape index (κ1) is 15.8. The molecule has 0 aliphatic heterocycles. The van der Waals surface area contributed by atoms with Gasteiger partial charge in [-0.1, -0.05) is 17.7 Å². The molecule has 0 unspecified atom stereocenters. The fourth-order valence-corrected chi connectivity index (χ4v) is 2.50. The van der Waals surface area contributed by atoms with E-state index in [1.165, 1.54) is 0 Å². The van der Waals surface area contributed by atoms with Gasteiger partial charge in [-0.2, -0.15) is 0 Å². The van der Waals surface area contributed by atoms with Crippen molar-refractivity contribution in [2.75, 3.05) is 5.73 Å². The van der Waals surface area contributed by atoms with E-state index in [0.29, 0.717) is 5.75 Å². The van der Waals surface area contributed by atoms with E-state index in [-0.39, 0.29) is 17.0 Å². The second kappa shape index (κ2) is 5.66. The van der Waals surface area contributed by atoms with Gasteiger partial charge in [0, 0.05) is 0 Å². The van der Waals surface area contributed by atoms with Crippen LogP contribution < -0.4 is 15.6 Å². The molecule has 5 N–H and O–H groups in total. The lowest BCUT2D eigenvalue weighted by atomic mass is 10.2. The SMILES string of the molecule is Cc1ccc(Oc2c(N)cc(C(=O)O)cc2S(N)(=O)=O)cc1. The molecule has 2 aromatic carbocycles. The van der Waals surface area contributed by atoms with E-state index in [4.69, 9.17) is 20.7 Å². The standard InChI is InChI=1S/C14H14N2O5S/c1-8-2-4-10(5-3-8)21-13-11(15)6-9(14(17)18)7-12(13)22(16,19)20/h2-7H,15H2,1H3,(H,17,18)(H2,16,19,20). The lowest BCUT2D eigenvalue weighted by Gasteiger charge is -2.13. The zero-order valence-electron chi connectivity index (χ0n) is 11.6. The maximum absolute atomic E-state index is 11.7. The Hall–Kier alpha value is -2.58. The Balaban J connectivity index is 2.59. The van der Waals surface area contributed by atoms with Crippen LogP contribution in [0, 0.1) is 6.92 Å². The van der Waals surface area contributed by atoms with Gasteiger partial charge in [-0.25, -0.2) is 18.4 Å². The number of hydrogen-bond acceptors (Lipinski definition) is 5. The monoisotopic (exact) mass is 322 g/mol. The fourth-order valence-electron chi connectivity index (χ4n) is 1.79. The molecule has 2 aromatic rings. The van der Waals surface area contributed by atoms with Crippen LogP contribution in [-0.2, 0) is 10.0 Å². The Kier molecular flexibility index (Phi) is 4.07. The molecule has 0 fully saturated rings. The molecule has 0 radical (unpaired) electrons. The van der Waals surface area contributed by atoms with Crippen LogP contribution in [0.25, 0.3) is 0 Å². The van der Waals surface area contributed by atoms with Gasteiger partial charge in [0.25, 0.3) is 0 Å². The highest BCUT2D eigenvalue weighted by molar-refractivity contribution is 7.89. The summed E-state index contributed by atoms with van der Waals surface area (Å²) in [4.78, 5) is 10.5. The molecule has 0 saturated heterocycles. The number of nitrogens with two attached hydrogens (primary N) is 2. The summed E-state index contributed by atoms with van der Waals surface area (Å²) < 4.78 is 28.8. The molecule has 0 atom stereocenters. The summed E-state index contributed by atoms with van der Waals surface area (Å²) in [6, 6.07) is 8.83. The maximum atomic E-state index is 11.7. The van der Waals surface area contributed by atoms with Crippen LogP contribution in [0.2, 0.25) is 0 Å². The predicted octanol–water partition coefficient (Wildman–Crippen LogP) is 1.72. The third kappa shape index (κ3) is 3.35. The zero-order valence-corrected chi connectivity index (χ0v) is 12.4. The third-order valence-electron chi connectivity index (χ3n) is 2.88. The maximum Gasteiger partial charge on any atom is 0.335 e. The van der Waals surface area contributed by atoms with Gasteiger partial charge in [0.15, 0.2) is 5.75 Å². The fraction of sp³-hybridized carbons (Fsp3) is 0.0714. The van der Waals surface area contributed by atoms with Crippen LogP contribution in [0.15, 0.2) is 41.3 Å². The second-order valence-corrected chi connectivity index (χ2v) is 6.19. The van der Waals surface area contributed by atoms with Gasteiger partial charge in [-0.3, -0.25) is 0 Å². The summed E-state index contributed by atoms with van der Waals surface area (Å²) in [6.07, 6.45) is 0. The van der Waals surface area contributed by atoms with Crippen molar-refractivity contribution < 1.29 is 23.1 Å². The summed E-state index contributed by atoms with van der Waals surface area (Å²) >= 11 is 0. The van der Waals surface area contributed by atoms with Gasteiger partial charge in [-0.05, 0) is 31.2 Å². The van der Waals surface area contributed by atoms with E-state index in [2.05, 4.69) is 0 Å². The number of primary sulfonamides is 1. The third-order valence-corrected chi connectivity index (χ3v) is 3.79. The molecule has 8 heteroatoms. The first-order valence-corrected chi connectivity index (χ1v) is 7.67. The minimum absolute atomic E-state index is 0.135. The Morgan fingerprint density at radius 2 is 1.77 bits per heavy atom. The largest absolute Gasteiger partial charge is 0.478 e. The molecule has 0 heterocycles. The van der Waals surface area contributed by atoms with Crippen LogP contribution in [-0.4, -0.2) is 19.5 Å². The molecule has 0 aliphatic rings. The smallest absolute Gasteiger partial charge is 0.335 e. The number of carboxylic acids is 1. The topological polar surface area (TPSA) is 133 Å². The number of aromatic carboxylic acids is 1. The van der Waals surface area contributed by atoms with E-state index in [9.17, 15) is 13.2 Å². The summed E-state index contributed by atoms with van der Waals surface area (Å²) in [5, 5.41) is 14.1. The summed E-state index contributed by atoms with van der Waals surface area (Å²) in [6.45, 7) is 1.88. The van der Waals surface area contributed by atoms with Crippen molar-refractivity contribution in [1.82, 2.24) is 0 Å². The number of nitrogen functional groups attached to an aromatic ring is 1. The average Bonchev–Trinajstić information content (AvgIpc) is 2.41. The van der Waals surface area contributed by atoms with Crippen LogP contribution in [0.1, 0.15) is 15.9 Å². The molecule has 116 valence electrons. The summed E-state index contributed by atoms with van der Waals surface area (Å²) in [7, 11) is -4.21. The Morgan fingerprint density at radius 1 is 1.18 bits per heavy atom. The van der Waals surface area contributed by atoms with Gasteiger partial charge < -0.3 is 15.6 Å². The summed E-state index contributed by atoms with van der Waals surface area (Å²) in [5.74, 6) is -1.17. The molecular formula is C14H14N2O5S. The molecular weight excluding hydrogens is 308 g/mol. The number of aryl methyl sites for hydroxylation is 1. The van der Waals surface area contributed by atoms with E-state index in [1.807, 2.05) is 6.92 Å². The normalized spacial score (nSPS) is 11.2. The van der Waals surface area contributed by atoms with Crippen molar-refractivity contribution in [3.63, 3.8) is 0 Å². The van der Waals surface area contributed by atoms with Crippen LogP contribution in [0.3, 0.4) is 0 Å². The molecule has 0 bridgehead atoms. The summed E-state index contributed by atoms with van der Waals surface area (Å²) in [5.41, 5.74) is 6.29. The Morgan fingerprint density at radius 3 is 2.27 bits per heavy atom. The van der Waals surface area contributed by atoms with Crippen molar-refractivity contribution in [2.45, 2.75) is 11.8 Å². The Bertz CT molecular complexity index is 829. The lowest BCUT2D eigenvalue weighted by Crippen LogP contribution is -2.15. The highest BCUT2D eigenvalue weighted by atomic mass is 32.2. The molecule has 22 heavy (non-hydrogen) atoms. The predicted molar refractivity (Wildman–Crippen MR) is 80.4 cm³/mol. The van der Waals surface area contributed by atoms with Crippen molar-refractivity contribution in [2.24, 2.45) is 5.14 Å². The van der Waals surface area contributed by atoms with Gasteiger partial charge >= 0.3 is 5.97 Å². The number of sulfonamides is 1. The molecule has 2 rings (SSSR count). The van der Waals surface area contributed by atoms with E-state index >= 15 is 0 Å². The van der Waals surface area contributed by atoms with Crippen LogP contribution in [0.5, 0.6) is 11.5 Å². The number of rotatable bonds is 4. The second-order valence-electron chi connectivity index (χ2n) is 4.66. The Labute approximate surface area is 127 Å². The molecule has 7 nitrogen and oxygen atoms in total. The van der Waals surface area contributed by atoms with Crippen molar-refractivity contribution in [3.8, 4) is 11.5 Å². The number of anilines is 1. The van der Waals surface area contributed by atoms with E-state index in [0.717, 1.165) is 17.7 Å². The van der Waals surface area contributed by atoms with Crippen LogP contribution >= 0.6 is 0 Å². The van der Waals surface area contributed by atoms with E-state index < -0.39 is 20.9 Å². The lowest BCUT2D eigenvalue weighted by molar-refractivity contribution is 0.0696. The van der Waals surface area contributed by atoms with Gasteiger partial charge in [0.05, 0.1) is 11.3 Å². The van der Waals surface area contributed by atoms with Crippen molar-refractivity contribution in [1.29, 1.82) is 0 Å². The molecule has 0 aromatic heterocycles. The minimum Gasteiger partial charge on any atom is -0.478 e. The quantitative estimate of drug-likeness (QED) is 0.734. The first-order chi connectivity index (χ1) is 10.2. The minimum atomic E-state index is -4.21. The van der Waals surface area contributed by atoms with Gasteiger partial charge in [0.1, 0.15) is 10.6 Å². The molecule has 0 amide bonds. The first-order valence-electron chi connectivity index (χ1n) is 6.12. The number of hydrogen-bond donors (Lipinski definition) is 3. The number of carbonyl (C=O) groups is 1. The molecule has 0 spiro atoms. The number of carboxylic acid groups (broad SMARTS) is 1. The van der Waals surface area contributed by atoms with Crippen LogP contribution in [0.4, 0.5) is 5.69 Å². The molecule has 0 saturated carbocycles. The van der Waals surface area contributed by atoms with E-state index in [1.54, 1.807) is 24.3 Å². The average molecular weight is 322 g/mol. The van der Waals surface area contributed by atoms with Gasteiger partial charge in [0.2, 0.25) is 10.0 Å². The van der Waals surface area contributed by atoms with Gasteiger partial charge in [-0.15, -0.1) is 0 Å². The van der Waals surface area contributed by atoms with Crippen molar-refractivity contribution >= 4 is 21.7 Å².